The number of carbonyl (C=O) groups is 2. The topological polar surface area (TPSA) is 80.8 Å². The van der Waals surface area contributed by atoms with Crippen LogP contribution in [0, 0.1) is 0 Å². The number of nitrogens with zero attached hydrogens (tertiary/aromatic N) is 1. The average Bonchev–Trinajstić information content (AvgIpc) is 3.34. The number of likely N-dealkylation sites (tertiary alicyclic amines) is 1. The smallest absolute Gasteiger partial charge is 0.339 e. The molecule has 3 aliphatic rings. The summed E-state index contributed by atoms with van der Waals surface area (Å²) in [6.45, 7) is 0.890. The average molecular weight is 411 g/mol. The Hall–Kier alpha value is -2.67. The molecule has 0 aromatic heterocycles. The van der Waals surface area contributed by atoms with Crippen molar-refractivity contribution in [2.45, 2.75) is 35.2 Å². The first-order valence-corrected chi connectivity index (χ1v) is 11.6. The number of ether oxygens (including phenoxy) is 1. The molecule has 1 amide bonds. The Bertz CT molecular complexity index is 1130. The van der Waals surface area contributed by atoms with Crippen molar-refractivity contribution in [1.82, 2.24) is 4.90 Å². The molecule has 0 radical (unpaired) electrons. The molecule has 2 aromatic carbocycles. The number of fused-ring (bicyclic) bond motifs is 2. The number of carbonyl (C=O) groups excluding carboxylic acids is 2. The molecule has 5 rings (SSSR count). The minimum Gasteiger partial charge on any atom is -0.449 e. The summed E-state index contributed by atoms with van der Waals surface area (Å²) >= 11 is 0. The van der Waals surface area contributed by atoms with Crippen LogP contribution in [0.4, 0.5) is 0 Å². The quantitative estimate of drug-likeness (QED) is 0.725. The van der Waals surface area contributed by atoms with Gasteiger partial charge in [0.25, 0.3) is 0 Å². The van der Waals surface area contributed by atoms with Gasteiger partial charge in [0, 0.05) is 24.8 Å². The zero-order chi connectivity index (χ0) is 20.4. The minimum atomic E-state index is -3.27. The fourth-order valence-corrected chi connectivity index (χ4v) is 5.31. The fraction of sp³-hybridized carbons (Fsp3) is 0.364. The van der Waals surface area contributed by atoms with Crippen LogP contribution in [0.1, 0.15) is 40.7 Å². The lowest BCUT2D eigenvalue weighted by atomic mass is 9.91. The van der Waals surface area contributed by atoms with Crippen LogP contribution in [0.2, 0.25) is 0 Å². The molecule has 0 bridgehead atoms. The van der Waals surface area contributed by atoms with Gasteiger partial charge < -0.3 is 9.64 Å². The molecular weight excluding hydrogens is 390 g/mol. The van der Waals surface area contributed by atoms with Crippen molar-refractivity contribution in [3.63, 3.8) is 0 Å². The molecule has 0 unspecified atom stereocenters. The number of amides is 1. The first-order valence-electron chi connectivity index (χ1n) is 9.68. The lowest BCUT2D eigenvalue weighted by Crippen LogP contribution is -2.40. The number of hydrogen-bond acceptors (Lipinski definition) is 5. The Morgan fingerprint density at radius 3 is 2.38 bits per heavy atom. The van der Waals surface area contributed by atoms with Gasteiger partial charge in [0.15, 0.2) is 15.4 Å². The van der Waals surface area contributed by atoms with Crippen LogP contribution in [-0.2, 0) is 30.4 Å². The molecule has 2 fully saturated rings. The van der Waals surface area contributed by atoms with Gasteiger partial charge in [-0.1, -0.05) is 30.3 Å². The van der Waals surface area contributed by atoms with Gasteiger partial charge in [-0.15, -0.1) is 0 Å². The van der Waals surface area contributed by atoms with Gasteiger partial charge in [0.05, 0.1) is 22.4 Å². The van der Waals surface area contributed by atoms with Crippen LogP contribution in [0.15, 0.2) is 53.4 Å². The third-order valence-corrected chi connectivity index (χ3v) is 7.57. The predicted octanol–water partition coefficient (Wildman–Crippen LogP) is 2.42. The molecule has 7 heteroatoms. The highest BCUT2D eigenvalue weighted by Gasteiger charge is 2.57. The monoisotopic (exact) mass is 411 g/mol. The Morgan fingerprint density at radius 1 is 1.03 bits per heavy atom. The highest BCUT2D eigenvalue weighted by Crippen LogP contribution is 2.52. The van der Waals surface area contributed by atoms with E-state index in [1.54, 1.807) is 35.2 Å². The summed E-state index contributed by atoms with van der Waals surface area (Å²) in [4.78, 5) is 27.7. The molecule has 1 saturated heterocycles. The molecule has 6 nitrogen and oxygen atoms in total. The SMILES string of the molecule is CS(=O)(=O)c1ccc(C2(C(=O)N3CC[C@@]4(C3)OC(=O)c3ccccc34)CC2)cc1. The van der Waals surface area contributed by atoms with E-state index >= 15 is 0 Å². The molecule has 1 saturated carbocycles. The summed E-state index contributed by atoms with van der Waals surface area (Å²) in [6.07, 6.45) is 3.24. The van der Waals surface area contributed by atoms with E-state index in [0.29, 0.717) is 25.1 Å². The largest absolute Gasteiger partial charge is 0.449 e. The van der Waals surface area contributed by atoms with Crippen molar-refractivity contribution < 1.29 is 22.7 Å². The summed E-state index contributed by atoms with van der Waals surface area (Å²) in [6, 6.07) is 14.0. The van der Waals surface area contributed by atoms with E-state index in [-0.39, 0.29) is 16.8 Å². The molecule has 0 N–H and O–H groups in total. The minimum absolute atomic E-state index is 0.0295. The van der Waals surface area contributed by atoms with Crippen LogP contribution in [0.25, 0.3) is 0 Å². The number of benzene rings is 2. The van der Waals surface area contributed by atoms with E-state index in [9.17, 15) is 18.0 Å². The van der Waals surface area contributed by atoms with Crippen LogP contribution >= 0.6 is 0 Å². The second-order valence-corrected chi connectivity index (χ2v) is 10.3. The highest BCUT2D eigenvalue weighted by molar-refractivity contribution is 7.90. The third-order valence-electron chi connectivity index (χ3n) is 6.44. The van der Waals surface area contributed by atoms with E-state index in [0.717, 1.165) is 24.0 Å². The first kappa shape index (κ1) is 18.4. The normalized spacial score (nSPS) is 24.4. The van der Waals surface area contributed by atoms with E-state index in [1.807, 2.05) is 18.2 Å². The third kappa shape index (κ3) is 2.71. The zero-order valence-electron chi connectivity index (χ0n) is 16.1. The van der Waals surface area contributed by atoms with Crippen LogP contribution < -0.4 is 0 Å². The molecule has 29 heavy (non-hydrogen) atoms. The van der Waals surface area contributed by atoms with Gasteiger partial charge >= 0.3 is 5.97 Å². The summed E-state index contributed by atoms with van der Waals surface area (Å²) in [5.74, 6) is -0.297. The summed E-state index contributed by atoms with van der Waals surface area (Å²) in [5, 5.41) is 0. The molecule has 1 spiro atoms. The van der Waals surface area contributed by atoms with Crippen molar-refractivity contribution in [3.05, 3.63) is 65.2 Å². The molecule has 2 aliphatic heterocycles. The Balaban J connectivity index is 1.41. The van der Waals surface area contributed by atoms with Crippen LogP contribution in [-0.4, -0.2) is 44.5 Å². The number of esters is 1. The van der Waals surface area contributed by atoms with Gasteiger partial charge in [0.1, 0.15) is 0 Å². The lowest BCUT2D eigenvalue weighted by Gasteiger charge is -2.27. The van der Waals surface area contributed by atoms with Crippen molar-refractivity contribution in [1.29, 1.82) is 0 Å². The number of rotatable bonds is 3. The van der Waals surface area contributed by atoms with E-state index in [4.69, 9.17) is 4.74 Å². The highest BCUT2D eigenvalue weighted by atomic mass is 32.2. The fourth-order valence-electron chi connectivity index (χ4n) is 4.68. The molecular formula is C22H21NO5S. The van der Waals surface area contributed by atoms with E-state index < -0.39 is 20.9 Å². The second kappa shape index (κ2) is 5.92. The maximum Gasteiger partial charge on any atom is 0.339 e. The van der Waals surface area contributed by atoms with Crippen LogP contribution in [0.3, 0.4) is 0 Å². The molecule has 1 atom stereocenters. The maximum absolute atomic E-state index is 13.4. The van der Waals surface area contributed by atoms with Gasteiger partial charge in [-0.25, -0.2) is 13.2 Å². The summed E-state index contributed by atoms with van der Waals surface area (Å²) in [7, 11) is -3.27. The van der Waals surface area contributed by atoms with Gasteiger partial charge in [-0.2, -0.15) is 0 Å². The van der Waals surface area contributed by atoms with Crippen molar-refractivity contribution in [2.75, 3.05) is 19.3 Å². The number of hydrogen-bond donors (Lipinski definition) is 0. The van der Waals surface area contributed by atoms with Gasteiger partial charge in [-0.05, 0) is 36.6 Å². The van der Waals surface area contributed by atoms with Gasteiger partial charge in [0.2, 0.25) is 5.91 Å². The Labute approximate surface area is 169 Å². The van der Waals surface area contributed by atoms with Crippen LogP contribution in [0.5, 0.6) is 0 Å². The summed E-state index contributed by atoms with van der Waals surface area (Å²) in [5.41, 5.74) is 0.949. The van der Waals surface area contributed by atoms with Gasteiger partial charge in [-0.3, -0.25) is 4.79 Å². The van der Waals surface area contributed by atoms with E-state index in [2.05, 4.69) is 0 Å². The Kier molecular flexibility index (Phi) is 3.75. The lowest BCUT2D eigenvalue weighted by molar-refractivity contribution is -0.134. The molecule has 2 aromatic rings. The molecule has 150 valence electrons. The van der Waals surface area contributed by atoms with E-state index in [1.165, 1.54) is 6.26 Å². The standard InChI is InChI=1S/C22H21NO5S/c1-29(26,27)16-8-6-15(7-9-16)21(10-11-21)20(25)23-13-12-22(14-23)18-5-3-2-4-17(18)19(24)28-22/h2-9H,10-14H2,1H3/t22-/m0/s1. The van der Waals surface area contributed by atoms with Crippen molar-refractivity contribution in [2.24, 2.45) is 0 Å². The predicted molar refractivity (Wildman–Crippen MR) is 105 cm³/mol. The second-order valence-electron chi connectivity index (χ2n) is 8.28. The maximum atomic E-state index is 13.4. The molecule has 1 aliphatic carbocycles. The van der Waals surface area contributed by atoms with Crippen molar-refractivity contribution in [3.8, 4) is 0 Å². The van der Waals surface area contributed by atoms with Crippen molar-refractivity contribution >= 4 is 21.7 Å². The molecule has 2 heterocycles. The summed E-state index contributed by atoms with van der Waals surface area (Å²) < 4.78 is 29.2. The Morgan fingerprint density at radius 2 is 1.72 bits per heavy atom. The zero-order valence-corrected chi connectivity index (χ0v) is 16.9. The number of sulfone groups is 1. The first-order chi connectivity index (χ1) is 13.8.